The van der Waals surface area contributed by atoms with Crippen LogP contribution in [0.4, 0.5) is 0 Å². The van der Waals surface area contributed by atoms with E-state index in [1.54, 1.807) is 0 Å². The van der Waals surface area contributed by atoms with Gasteiger partial charge in [0.15, 0.2) is 0 Å². The average Bonchev–Trinajstić information content (AvgIpc) is 3.13. The molecule has 2 N–H and O–H groups in total. The third kappa shape index (κ3) is 4.90. The third-order valence-electron chi connectivity index (χ3n) is 7.28. The number of carbonyl (C=O) groups excluding carboxylic acids is 1. The normalized spacial score (nSPS) is 27.1. The zero-order valence-electron chi connectivity index (χ0n) is 19.3. The minimum atomic E-state index is -0.364. The van der Waals surface area contributed by atoms with Gasteiger partial charge >= 0.3 is 0 Å². The second-order valence-electron chi connectivity index (χ2n) is 9.18. The highest BCUT2D eigenvalue weighted by Crippen LogP contribution is 2.39. The summed E-state index contributed by atoms with van der Waals surface area (Å²) in [6.45, 7) is 8.47. The quantitative estimate of drug-likeness (QED) is 0.675. The first-order valence-electron chi connectivity index (χ1n) is 11.9. The largest absolute Gasteiger partial charge is 0.391 e. The maximum atomic E-state index is 12.9. The van der Waals surface area contributed by atoms with E-state index in [0.29, 0.717) is 12.2 Å². The first-order chi connectivity index (χ1) is 15.5. The van der Waals surface area contributed by atoms with E-state index in [0.717, 1.165) is 64.2 Å². The Balaban J connectivity index is 1.53. The van der Waals surface area contributed by atoms with Crippen molar-refractivity contribution in [2.24, 2.45) is 0 Å². The lowest BCUT2D eigenvalue weighted by molar-refractivity contribution is -0.0236. The van der Waals surface area contributed by atoms with E-state index in [1.807, 2.05) is 30.7 Å². The molecule has 0 bridgehead atoms. The molecule has 2 aliphatic rings. The van der Waals surface area contributed by atoms with Gasteiger partial charge in [-0.05, 0) is 51.2 Å². The molecule has 1 saturated carbocycles. The van der Waals surface area contributed by atoms with Crippen LogP contribution in [-0.4, -0.2) is 70.7 Å². The van der Waals surface area contributed by atoms with E-state index in [-0.39, 0.29) is 23.5 Å². The lowest BCUT2D eigenvalue weighted by Gasteiger charge is -2.37. The van der Waals surface area contributed by atoms with Crippen LogP contribution in [0.2, 0.25) is 0 Å². The van der Waals surface area contributed by atoms with Gasteiger partial charge in [0.05, 0.1) is 19.3 Å². The predicted molar refractivity (Wildman–Crippen MR) is 124 cm³/mol. The van der Waals surface area contributed by atoms with E-state index in [1.165, 1.54) is 5.56 Å². The monoisotopic (exact) mass is 440 g/mol. The van der Waals surface area contributed by atoms with Crippen LogP contribution in [0.25, 0.3) is 0 Å². The van der Waals surface area contributed by atoms with Gasteiger partial charge in [-0.1, -0.05) is 30.3 Å². The van der Waals surface area contributed by atoms with Gasteiger partial charge in [0, 0.05) is 43.3 Å². The summed E-state index contributed by atoms with van der Waals surface area (Å²) < 4.78 is 7.36. The summed E-state index contributed by atoms with van der Waals surface area (Å²) >= 11 is 0. The second-order valence-corrected chi connectivity index (χ2v) is 9.18. The molecule has 1 aromatic carbocycles. The zero-order valence-corrected chi connectivity index (χ0v) is 19.3. The molecule has 1 aliphatic carbocycles. The van der Waals surface area contributed by atoms with Crippen molar-refractivity contribution in [1.29, 1.82) is 0 Å². The highest BCUT2D eigenvalue weighted by molar-refractivity contribution is 5.92. The molecule has 1 aliphatic heterocycles. The number of aromatic nitrogens is 2. The van der Waals surface area contributed by atoms with E-state index in [9.17, 15) is 9.90 Å². The summed E-state index contributed by atoms with van der Waals surface area (Å²) in [5, 5.41) is 18.6. The summed E-state index contributed by atoms with van der Waals surface area (Å²) in [5.74, 6) is -0.134. The standard InChI is InChI=1S/C25H36N4O3/c1-3-29-19(2)17-21(27-29)24(31)26-18-25(20-7-5-4-6-8-20)11-9-22(23(30)10-12-25)28-13-15-32-16-14-28/h4-8,17,22-23,30H,3,9-16,18H2,1-2H3,(H,26,31)/t22-,23-,25+/m0/s1. The highest BCUT2D eigenvalue weighted by atomic mass is 16.5. The van der Waals surface area contributed by atoms with Gasteiger partial charge < -0.3 is 15.2 Å². The average molecular weight is 441 g/mol. The van der Waals surface area contributed by atoms with Crippen LogP contribution in [0.15, 0.2) is 36.4 Å². The number of amides is 1. The Morgan fingerprint density at radius 1 is 1.22 bits per heavy atom. The minimum absolute atomic E-state index is 0.134. The molecular formula is C25H36N4O3. The minimum Gasteiger partial charge on any atom is -0.391 e. The molecule has 174 valence electrons. The van der Waals surface area contributed by atoms with Gasteiger partial charge in [0.1, 0.15) is 5.69 Å². The van der Waals surface area contributed by atoms with Crippen molar-refractivity contribution in [3.05, 3.63) is 53.3 Å². The maximum absolute atomic E-state index is 12.9. The summed E-state index contributed by atoms with van der Waals surface area (Å²) in [7, 11) is 0. The van der Waals surface area contributed by atoms with Crippen molar-refractivity contribution in [3.63, 3.8) is 0 Å². The van der Waals surface area contributed by atoms with Crippen LogP contribution in [0.5, 0.6) is 0 Å². The fraction of sp³-hybridized carbons (Fsp3) is 0.600. The van der Waals surface area contributed by atoms with E-state index < -0.39 is 0 Å². The van der Waals surface area contributed by atoms with Gasteiger partial charge in [-0.3, -0.25) is 14.4 Å². The number of carbonyl (C=O) groups is 1. The molecule has 7 nitrogen and oxygen atoms in total. The molecule has 7 heteroatoms. The number of benzene rings is 1. The second kappa shape index (κ2) is 10.1. The Kier molecular flexibility index (Phi) is 7.28. The number of aliphatic hydroxyl groups is 1. The molecule has 0 radical (unpaired) electrons. The fourth-order valence-corrected chi connectivity index (χ4v) is 5.33. The number of rotatable bonds is 6. The van der Waals surface area contributed by atoms with Crippen molar-refractivity contribution < 1.29 is 14.6 Å². The molecule has 1 aromatic heterocycles. The topological polar surface area (TPSA) is 79.6 Å². The molecule has 0 spiro atoms. The lowest BCUT2D eigenvalue weighted by Crippen LogP contribution is -2.48. The Morgan fingerprint density at radius 2 is 1.94 bits per heavy atom. The van der Waals surface area contributed by atoms with Crippen LogP contribution in [0, 0.1) is 6.92 Å². The van der Waals surface area contributed by atoms with Gasteiger partial charge in [0.2, 0.25) is 0 Å². The number of hydrogen-bond donors (Lipinski definition) is 2. The summed E-state index contributed by atoms with van der Waals surface area (Å²) in [4.78, 5) is 15.3. The van der Waals surface area contributed by atoms with Gasteiger partial charge in [0.25, 0.3) is 5.91 Å². The molecule has 1 saturated heterocycles. The van der Waals surface area contributed by atoms with Crippen LogP contribution in [0.1, 0.15) is 54.4 Å². The molecule has 2 fully saturated rings. The molecular weight excluding hydrogens is 404 g/mol. The van der Waals surface area contributed by atoms with Crippen LogP contribution < -0.4 is 5.32 Å². The molecule has 1 amide bonds. The molecule has 0 unspecified atom stereocenters. The third-order valence-corrected chi connectivity index (χ3v) is 7.28. The Bertz CT molecular complexity index is 894. The fourth-order valence-electron chi connectivity index (χ4n) is 5.33. The molecule has 3 atom stereocenters. The first-order valence-corrected chi connectivity index (χ1v) is 11.9. The van der Waals surface area contributed by atoms with Crippen molar-refractivity contribution in [3.8, 4) is 0 Å². The number of nitrogens with one attached hydrogen (secondary N) is 1. The van der Waals surface area contributed by atoms with Crippen molar-refractivity contribution in [1.82, 2.24) is 20.0 Å². The maximum Gasteiger partial charge on any atom is 0.271 e. The van der Waals surface area contributed by atoms with Crippen molar-refractivity contribution in [2.75, 3.05) is 32.8 Å². The highest BCUT2D eigenvalue weighted by Gasteiger charge is 2.40. The van der Waals surface area contributed by atoms with Crippen LogP contribution in [-0.2, 0) is 16.7 Å². The smallest absolute Gasteiger partial charge is 0.271 e. The molecule has 2 heterocycles. The Morgan fingerprint density at radius 3 is 2.62 bits per heavy atom. The Hall–Kier alpha value is -2.22. The van der Waals surface area contributed by atoms with E-state index in [2.05, 4.69) is 39.6 Å². The van der Waals surface area contributed by atoms with Gasteiger partial charge in [-0.25, -0.2) is 0 Å². The van der Waals surface area contributed by atoms with Gasteiger partial charge in [-0.15, -0.1) is 0 Å². The van der Waals surface area contributed by atoms with Crippen LogP contribution >= 0.6 is 0 Å². The lowest BCUT2D eigenvalue weighted by atomic mass is 9.74. The molecule has 2 aromatic rings. The van der Waals surface area contributed by atoms with E-state index >= 15 is 0 Å². The summed E-state index contributed by atoms with van der Waals surface area (Å²) in [5.41, 5.74) is 2.47. The number of nitrogens with zero attached hydrogens (tertiary/aromatic N) is 3. The number of aryl methyl sites for hydroxylation is 2. The predicted octanol–water partition coefficient (Wildman–Crippen LogP) is 2.51. The molecule has 4 rings (SSSR count). The number of aliphatic hydroxyl groups excluding tert-OH is 1. The van der Waals surface area contributed by atoms with Gasteiger partial charge in [-0.2, -0.15) is 5.10 Å². The summed E-state index contributed by atoms with van der Waals surface area (Å²) in [6, 6.07) is 12.4. The molecule has 32 heavy (non-hydrogen) atoms. The summed E-state index contributed by atoms with van der Waals surface area (Å²) in [6.07, 6.45) is 3.00. The number of ether oxygens (including phenoxy) is 1. The van der Waals surface area contributed by atoms with Crippen molar-refractivity contribution >= 4 is 5.91 Å². The SMILES string of the molecule is CCn1nc(C(=O)NC[C@]2(c3ccccc3)CC[C@H](O)[C@@H](N3CCOCC3)CC2)cc1C. The van der Waals surface area contributed by atoms with Crippen LogP contribution in [0.3, 0.4) is 0 Å². The number of morpholine rings is 1. The zero-order chi connectivity index (χ0) is 22.6. The van der Waals surface area contributed by atoms with Crippen molar-refractivity contribution in [2.45, 2.75) is 63.6 Å². The number of hydrogen-bond acceptors (Lipinski definition) is 5. The first kappa shape index (κ1) is 23.0. The Labute approximate surface area is 190 Å². The van der Waals surface area contributed by atoms with E-state index in [4.69, 9.17) is 4.74 Å².